The Bertz CT molecular complexity index is 516. The highest BCUT2D eigenvalue weighted by Gasteiger charge is 2.48. The zero-order valence-electron chi connectivity index (χ0n) is 16.6. The van der Waals surface area contributed by atoms with Crippen LogP contribution in [0.5, 0.6) is 0 Å². The lowest BCUT2D eigenvalue weighted by atomic mass is 10.0. The van der Waals surface area contributed by atoms with Gasteiger partial charge in [0.05, 0.1) is 0 Å². The maximum absolute atomic E-state index is 12.4. The lowest BCUT2D eigenvalue weighted by molar-refractivity contribution is -0.121. The van der Waals surface area contributed by atoms with E-state index in [1.54, 1.807) is 12.2 Å². The van der Waals surface area contributed by atoms with E-state index in [0.717, 1.165) is 5.57 Å². The highest BCUT2D eigenvalue weighted by atomic mass is 28.4. The maximum atomic E-state index is 12.4. The zero-order valence-corrected chi connectivity index (χ0v) is 17.6. The molecule has 0 fully saturated rings. The third-order valence-electron chi connectivity index (χ3n) is 5.02. The van der Waals surface area contributed by atoms with Crippen LogP contribution >= 0.6 is 0 Å². The summed E-state index contributed by atoms with van der Waals surface area (Å²) in [4.78, 5) is 23.9. The van der Waals surface area contributed by atoms with Crippen molar-refractivity contribution in [2.75, 3.05) is 13.7 Å². The molecule has 0 aromatic heterocycles. The Hall–Kier alpha value is -1.40. The standard InChI is InChI=1S/C19H33NO4Si/c1-13(2)25(14(3)4,15(5)6)24-19(22)20-11-10-16-8-9-17(21)18(12-16)23-7/h8-9,12-15,18H,10-11H2,1-7H3,(H,20,22). The molecule has 0 radical (unpaired) electrons. The van der Waals surface area contributed by atoms with E-state index in [2.05, 4.69) is 46.9 Å². The van der Waals surface area contributed by atoms with Gasteiger partial charge in [-0.15, -0.1) is 0 Å². The minimum absolute atomic E-state index is 0.0554. The van der Waals surface area contributed by atoms with Crippen molar-refractivity contribution in [2.45, 2.75) is 70.7 Å². The van der Waals surface area contributed by atoms with Crippen molar-refractivity contribution >= 4 is 20.2 Å². The molecule has 6 heteroatoms. The first kappa shape index (κ1) is 21.6. The molecule has 0 heterocycles. The summed E-state index contributed by atoms with van der Waals surface area (Å²) in [7, 11) is -0.698. The van der Waals surface area contributed by atoms with Crippen LogP contribution in [0.2, 0.25) is 16.6 Å². The van der Waals surface area contributed by atoms with Gasteiger partial charge < -0.3 is 14.5 Å². The monoisotopic (exact) mass is 367 g/mol. The number of amides is 1. The van der Waals surface area contributed by atoms with E-state index in [1.165, 1.54) is 13.2 Å². The van der Waals surface area contributed by atoms with Crippen LogP contribution in [-0.2, 0) is 14.0 Å². The normalized spacial score (nSPS) is 18.1. The molecule has 1 aliphatic carbocycles. The van der Waals surface area contributed by atoms with E-state index in [-0.39, 0.29) is 11.9 Å². The maximum Gasteiger partial charge on any atom is 0.393 e. The summed E-state index contributed by atoms with van der Waals surface area (Å²) >= 11 is 0. The van der Waals surface area contributed by atoms with Gasteiger partial charge in [-0.1, -0.05) is 47.6 Å². The number of ketones is 1. The van der Waals surface area contributed by atoms with E-state index in [4.69, 9.17) is 9.16 Å². The summed E-state index contributed by atoms with van der Waals surface area (Å²) in [5.74, 6) is -0.0554. The van der Waals surface area contributed by atoms with Gasteiger partial charge in [-0.25, -0.2) is 4.79 Å². The van der Waals surface area contributed by atoms with Gasteiger partial charge in [-0.2, -0.15) is 0 Å². The molecule has 0 saturated carbocycles. The Balaban J connectivity index is 2.62. The predicted molar refractivity (Wildman–Crippen MR) is 103 cm³/mol. The second-order valence-electron chi connectivity index (χ2n) is 7.52. The van der Waals surface area contributed by atoms with E-state index in [9.17, 15) is 9.59 Å². The summed E-state index contributed by atoms with van der Waals surface area (Å²) < 4.78 is 11.2. The number of carbonyl (C=O) groups excluding carboxylic acids is 2. The van der Waals surface area contributed by atoms with Gasteiger partial charge in [-0.05, 0) is 40.8 Å². The molecule has 1 atom stereocenters. The van der Waals surface area contributed by atoms with Gasteiger partial charge in [0.25, 0.3) is 8.32 Å². The number of ether oxygens (including phenoxy) is 1. The largest absolute Gasteiger partial charge is 0.503 e. The molecule has 142 valence electrons. The molecule has 1 aliphatic rings. The van der Waals surface area contributed by atoms with Crippen LogP contribution in [0.1, 0.15) is 48.0 Å². The van der Waals surface area contributed by atoms with Crippen LogP contribution in [0.4, 0.5) is 4.79 Å². The average Bonchev–Trinajstić information content (AvgIpc) is 2.53. The first-order valence-electron chi connectivity index (χ1n) is 9.07. The molecule has 1 N–H and O–H groups in total. The summed E-state index contributed by atoms with van der Waals surface area (Å²) in [6, 6.07) is 0. The van der Waals surface area contributed by atoms with Crippen LogP contribution < -0.4 is 5.32 Å². The third kappa shape index (κ3) is 5.28. The molecule has 0 aliphatic heterocycles. The van der Waals surface area contributed by atoms with E-state index >= 15 is 0 Å². The molecule has 0 aromatic rings. The number of carbonyl (C=O) groups is 2. The summed E-state index contributed by atoms with van der Waals surface area (Å²) in [6.45, 7) is 13.4. The fourth-order valence-corrected chi connectivity index (χ4v) is 8.93. The number of methoxy groups -OCH3 is 1. The molecule has 0 bridgehead atoms. The third-order valence-corrected chi connectivity index (χ3v) is 11.0. The SMILES string of the molecule is COC1C=C(CCNC(=O)O[Si](C(C)C)(C(C)C)C(C)C)C=CC1=O. The van der Waals surface area contributed by atoms with Gasteiger partial charge >= 0.3 is 6.09 Å². The van der Waals surface area contributed by atoms with Crippen molar-refractivity contribution in [2.24, 2.45) is 0 Å². The smallest absolute Gasteiger partial charge is 0.393 e. The van der Waals surface area contributed by atoms with Crippen molar-refractivity contribution in [3.8, 4) is 0 Å². The van der Waals surface area contributed by atoms with Gasteiger partial charge in [0.2, 0.25) is 0 Å². The molecular formula is C19H33NO4Si. The number of nitrogens with one attached hydrogen (secondary N) is 1. The van der Waals surface area contributed by atoms with E-state index in [0.29, 0.717) is 29.6 Å². The predicted octanol–water partition coefficient (Wildman–Crippen LogP) is 4.36. The number of rotatable bonds is 8. The minimum Gasteiger partial charge on any atom is -0.503 e. The molecule has 25 heavy (non-hydrogen) atoms. The summed E-state index contributed by atoms with van der Waals surface area (Å²) in [5.41, 5.74) is 2.05. The minimum atomic E-state index is -2.21. The molecule has 5 nitrogen and oxygen atoms in total. The van der Waals surface area contributed by atoms with Gasteiger partial charge in [0.15, 0.2) is 5.78 Å². The van der Waals surface area contributed by atoms with Gasteiger partial charge in [0, 0.05) is 13.7 Å². The number of hydrogen-bond donors (Lipinski definition) is 1. The Morgan fingerprint density at radius 3 is 2.16 bits per heavy atom. The fourth-order valence-electron chi connectivity index (χ4n) is 3.83. The second kappa shape index (κ2) is 9.34. The fraction of sp³-hybridized carbons (Fsp3) is 0.684. The molecule has 0 spiro atoms. The second-order valence-corrected chi connectivity index (χ2v) is 12.9. The number of allylic oxidation sites excluding steroid dienone is 1. The van der Waals surface area contributed by atoms with E-state index < -0.39 is 14.4 Å². The Morgan fingerprint density at radius 1 is 1.12 bits per heavy atom. The summed E-state index contributed by atoms with van der Waals surface area (Å²) in [6.07, 6.45) is 4.89. The number of hydrogen-bond acceptors (Lipinski definition) is 4. The molecule has 0 saturated heterocycles. The summed E-state index contributed by atoms with van der Waals surface area (Å²) in [5, 5.41) is 2.87. The van der Waals surface area contributed by atoms with Crippen molar-refractivity contribution < 1.29 is 18.8 Å². The zero-order chi connectivity index (χ0) is 19.2. The van der Waals surface area contributed by atoms with Crippen molar-refractivity contribution in [3.05, 3.63) is 23.8 Å². The Morgan fingerprint density at radius 2 is 1.68 bits per heavy atom. The van der Waals surface area contributed by atoms with E-state index in [1.807, 2.05) is 0 Å². The topological polar surface area (TPSA) is 64.6 Å². The highest BCUT2D eigenvalue weighted by molar-refractivity contribution is 6.78. The first-order chi connectivity index (χ1) is 11.6. The average molecular weight is 368 g/mol. The van der Waals surface area contributed by atoms with Crippen LogP contribution in [0.3, 0.4) is 0 Å². The lowest BCUT2D eigenvalue weighted by Gasteiger charge is -2.41. The molecular weight excluding hydrogens is 334 g/mol. The van der Waals surface area contributed by atoms with Crippen LogP contribution in [0.25, 0.3) is 0 Å². The van der Waals surface area contributed by atoms with Crippen molar-refractivity contribution in [1.29, 1.82) is 0 Å². The van der Waals surface area contributed by atoms with Crippen molar-refractivity contribution in [3.63, 3.8) is 0 Å². The van der Waals surface area contributed by atoms with Gasteiger partial charge in [-0.3, -0.25) is 4.79 Å². The first-order valence-corrected chi connectivity index (χ1v) is 11.2. The molecule has 1 unspecified atom stereocenters. The quantitative estimate of drug-likeness (QED) is 0.647. The highest BCUT2D eigenvalue weighted by Crippen LogP contribution is 2.42. The Kier molecular flexibility index (Phi) is 8.08. The molecule has 1 amide bonds. The van der Waals surface area contributed by atoms with Gasteiger partial charge in [0.1, 0.15) is 6.10 Å². The molecule has 0 aromatic carbocycles. The van der Waals surface area contributed by atoms with Crippen LogP contribution in [0.15, 0.2) is 23.8 Å². The van der Waals surface area contributed by atoms with Crippen LogP contribution in [-0.4, -0.2) is 40.0 Å². The van der Waals surface area contributed by atoms with Crippen LogP contribution in [0, 0.1) is 0 Å². The lowest BCUT2D eigenvalue weighted by Crippen LogP contribution is -2.51. The molecule has 1 rings (SSSR count). The Labute approximate surface area is 153 Å². The van der Waals surface area contributed by atoms with Crippen molar-refractivity contribution in [1.82, 2.24) is 5.32 Å².